The molecule has 0 bridgehead atoms. The second-order valence-electron chi connectivity index (χ2n) is 5.38. The molecule has 112 valence electrons. The Labute approximate surface area is 127 Å². The van der Waals surface area contributed by atoms with Gasteiger partial charge in [-0.1, -0.05) is 31.2 Å². The maximum absolute atomic E-state index is 4.45. The number of hydrogen-bond donors (Lipinski definition) is 1. The van der Waals surface area contributed by atoms with Gasteiger partial charge in [0, 0.05) is 25.7 Å². The molecule has 1 aromatic carbocycles. The molecular weight excluding hydrogens is 260 g/mol. The fourth-order valence-electron chi connectivity index (χ4n) is 2.37. The maximum Gasteiger partial charge on any atom is 0.137 e. The van der Waals surface area contributed by atoms with E-state index in [0.717, 1.165) is 36.7 Å². The number of aromatic nitrogens is 2. The molecule has 1 aromatic heterocycles. The molecule has 0 radical (unpaired) electrons. The first-order chi connectivity index (χ1) is 10.1. The highest BCUT2D eigenvalue weighted by Crippen LogP contribution is 2.23. The van der Waals surface area contributed by atoms with Crippen LogP contribution in [0.2, 0.25) is 0 Å². The van der Waals surface area contributed by atoms with E-state index in [9.17, 15) is 0 Å². The standard InChI is InChI=1S/C17H24N4/c1-5-10-18-16-14(3)17(20-12-19-16)21(4)11-15-9-7-6-8-13(15)2/h6-9,12H,5,10-11H2,1-4H3,(H,18,19,20). The molecule has 0 aliphatic rings. The highest BCUT2D eigenvalue weighted by molar-refractivity contribution is 5.57. The van der Waals surface area contributed by atoms with Gasteiger partial charge in [-0.3, -0.25) is 0 Å². The molecule has 0 fully saturated rings. The van der Waals surface area contributed by atoms with Crippen LogP contribution in [-0.2, 0) is 6.54 Å². The third-order valence-electron chi connectivity index (χ3n) is 3.63. The Morgan fingerprint density at radius 2 is 1.90 bits per heavy atom. The van der Waals surface area contributed by atoms with Crippen LogP contribution in [0.4, 0.5) is 11.6 Å². The molecule has 1 N–H and O–H groups in total. The van der Waals surface area contributed by atoms with Crippen molar-refractivity contribution in [2.45, 2.75) is 33.7 Å². The lowest BCUT2D eigenvalue weighted by Crippen LogP contribution is -2.20. The fourth-order valence-corrected chi connectivity index (χ4v) is 2.37. The quantitative estimate of drug-likeness (QED) is 0.880. The Bertz CT molecular complexity index is 595. The number of hydrogen-bond acceptors (Lipinski definition) is 4. The number of benzene rings is 1. The second-order valence-corrected chi connectivity index (χ2v) is 5.38. The summed E-state index contributed by atoms with van der Waals surface area (Å²) < 4.78 is 0. The number of anilines is 2. The van der Waals surface area contributed by atoms with Crippen molar-refractivity contribution in [2.75, 3.05) is 23.8 Å². The van der Waals surface area contributed by atoms with Crippen molar-refractivity contribution in [3.8, 4) is 0 Å². The molecule has 0 aliphatic heterocycles. The Morgan fingerprint density at radius 1 is 1.14 bits per heavy atom. The van der Waals surface area contributed by atoms with Crippen LogP contribution in [0.5, 0.6) is 0 Å². The van der Waals surface area contributed by atoms with E-state index in [-0.39, 0.29) is 0 Å². The molecule has 0 atom stereocenters. The van der Waals surface area contributed by atoms with Crippen LogP contribution in [-0.4, -0.2) is 23.6 Å². The van der Waals surface area contributed by atoms with E-state index in [2.05, 4.69) is 72.3 Å². The van der Waals surface area contributed by atoms with E-state index >= 15 is 0 Å². The maximum atomic E-state index is 4.45. The average Bonchev–Trinajstić information content (AvgIpc) is 2.48. The van der Waals surface area contributed by atoms with Crippen molar-refractivity contribution in [2.24, 2.45) is 0 Å². The average molecular weight is 284 g/mol. The normalized spacial score (nSPS) is 10.5. The zero-order valence-corrected chi connectivity index (χ0v) is 13.3. The fraction of sp³-hybridized carbons (Fsp3) is 0.412. The minimum absolute atomic E-state index is 0.845. The van der Waals surface area contributed by atoms with Gasteiger partial charge in [-0.25, -0.2) is 9.97 Å². The van der Waals surface area contributed by atoms with Gasteiger partial charge in [-0.15, -0.1) is 0 Å². The highest BCUT2D eigenvalue weighted by Gasteiger charge is 2.11. The molecule has 4 heteroatoms. The zero-order chi connectivity index (χ0) is 15.2. The van der Waals surface area contributed by atoms with Crippen LogP contribution >= 0.6 is 0 Å². The molecule has 0 saturated heterocycles. The summed E-state index contributed by atoms with van der Waals surface area (Å²) >= 11 is 0. The first-order valence-corrected chi connectivity index (χ1v) is 7.44. The summed E-state index contributed by atoms with van der Waals surface area (Å²) in [5.74, 6) is 1.91. The SMILES string of the molecule is CCCNc1ncnc(N(C)Cc2ccccc2C)c1C. The van der Waals surface area contributed by atoms with Crippen LogP contribution in [0.15, 0.2) is 30.6 Å². The Kier molecular flexibility index (Phi) is 5.14. The van der Waals surface area contributed by atoms with Gasteiger partial charge in [0.1, 0.15) is 18.0 Å². The Hall–Kier alpha value is -2.10. The van der Waals surface area contributed by atoms with E-state index in [4.69, 9.17) is 0 Å². The molecule has 2 rings (SSSR count). The van der Waals surface area contributed by atoms with E-state index in [1.54, 1.807) is 6.33 Å². The van der Waals surface area contributed by atoms with Gasteiger partial charge < -0.3 is 10.2 Å². The molecule has 0 spiro atoms. The Morgan fingerprint density at radius 3 is 2.62 bits per heavy atom. The monoisotopic (exact) mass is 284 g/mol. The molecule has 1 heterocycles. The predicted molar refractivity (Wildman–Crippen MR) is 88.8 cm³/mol. The van der Waals surface area contributed by atoms with Crippen molar-refractivity contribution in [1.82, 2.24) is 9.97 Å². The molecule has 0 amide bonds. The van der Waals surface area contributed by atoms with Crippen LogP contribution < -0.4 is 10.2 Å². The van der Waals surface area contributed by atoms with Gasteiger partial charge in [0.15, 0.2) is 0 Å². The predicted octanol–water partition coefficient (Wildman–Crippen LogP) is 3.55. The summed E-state index contributed by atoms with van der Waals surface area (Å²) in [6.07, 6.45) is 2.71. The smallest absolute Gasteiger partial charge is 0.137 e. The van der Waals surface area contributed by atoms with Gasteiger partial charge in [-0.05, 0) is 31.4 Å². The van der Waals surface area contributed by atoms with Crippen molar-refractivity contribution in [3.05, 3.63) is 47.3 Å². The number of rotatable bonds is 6. The van der Waals surface area contributed by atoms with Gasteiger partial charge in [0.25, 0.3) is 0 Å². The molecule has 4 nitrogen and oxygen atoms in total. The third kappa shape index (κ3) is 3.72. The Balaban J connectivity index is 2.19. The zero-order valence-electron chi connectivity index (χ0n) is 13.3. The first-order valence-electron chi connectivity index (χ1n) is 7.44. The van der Waals surface area contributed by atoms with Crippen LogP contribution in [0.1, 0.15) is 30.0 Å². The van der Waals surface area contributed by atoms with Gasteiger partial charge in [0.2, 0.25) is 0 Å². The number of nitrogens with zero attached hydrogens (tertiary/aromatic N) is 3. The highest BCUT2D eigenvalue weighted by atomic mass is 15.2. The van der Waals surface area contributed by atoms with E-state index < -0.39 is 0 Å². The van der Waals surface area contributed by atoms with Crippen LogP contribution in [0, 0.1) is 13.8 Å². The summed E-state index contributed by atoms with van der Waals surface area (Å²) in [6, 6.07) is 8.46. The van der Waals surface area contributed by atoms with Gasteiger partial charge in [-0.2, -0.15) is 0 Å². The molecule has 0 saturated carbocycles. The van der Waals surface area contributed by atoms with E-state index in [1.165, 1.54) is 11.1 Å². The summed E-state index contributed by atoms with van der Waals surface area (Å²) in [5, 5.41) is 3.36. The molecule has 21 heavy (non-hydrogen) atoms. The van der Waals surface area contributed by atoms with Crippen LogP contribution in [0.3, 0.4) is 0 Å². The first kappa shape index (κ1) is 15.3. The summed E-state index contributed by atoms with van der Waals surface area (Å²) in [4.78, 5) is 11.0. The summed E-state index contributed by atoms with van der Waals surface area (Å²) in [5.41, 5.74) is 3.73. The molecule has 0 aliphatic carbocycles. The van der Waals surface area contributed by atoms with Crippen molar-refractivity contribution in [3.63, 3.8) is 0 Å². The third-order valence-corrected chi connectivity index (χ3v) is 3.63. The lowest BCUT2D eigenvalue weighted by Gasteiger charge is -2.22. The van der Waals surface area contributed by atoms with Crippen molar-refractivity contribution >= 4 is 11.6 Å². The lowest BCUT2D eigenvalue weighted by atomic mass is 10.1. The minimum atomic E-state index is 0.845. The molecule has 2 aromatic rings. The lowest BCUT2D eigenvalue weighted by molar-refractivity contribution is 0.873. The van der Waals surface area contributed by atoms with E-state index in [1.807, 2.05) is 0 Å². The van der Waals surface area contributed by atoms with Crippen molar-refractivity contribution in [1.29, 1.82) is 0 Å². The van der Waals surface area contributed by atoms with Gasteiger partial charge >= 0.3 is 0 Å². The minimum Gasteiger partial charge on any atom is -0.370 e. The summed E-state index contributed by atoms with van der Waals surface area (Å²) in [7, 11) is 2.07. The number of aryl methyl sites for hydroxylation is 1. The summed E-state index contributed by atoms with van der Waals surface area (Å²) in [6.45, 7) is 8.14. The van der Waals surface area contributed by atoms with Crippen LogP contribution in [0.25, 0.3) is 0 Å². The van der Waals surface area contributed by atoms with Gasteiger partial charge in [0.05, 0.1) is 0 Å². The molecule has 0 unspecified atom stereocenters. The topological polar surface area (TPSA) is 41.1 Å². The largest absolute Gasteiger partial charge is 0.370 e. The second kappa shape index (κ2) is 7.07. The van der Waals surface area contributed by atoms with Crippen molar-refractivity contribution < 1.29 is 0 Å². The number of nitrogens with one attached hydrogen (secondary N) is 1. The van der Waals surface area contributed by atoms with E-state index in [0.29, 0.717) is 0 Å². The molecular formula is C17H24N4.